The molecule has 2 aromatic rings. The molecular formula is C24H26N2O. The van der Waals surface area contributed by atoms with Crippen molar-refractivity contribution in [2.45, 2.75) is 52.0 Å². The van der Waals surface area contributed by atoms with Crippen LogP contribution in [-0.4, -0.2) is 16.8 Å². The second-order valence-corrected chi connectivity index (χ2v) is 9.06. The van der Waals surface area contributed by atoms with Crippen LogP contribution in [0, 0.1) is 11.3 Å². The first-order chi connectivity index (χ1) is 13.0. The van der Waals surface area contributed by atoms with E-state index >= 15 is 0 Å². The van der Waals surface area contributed by atoms with Gasteiger partial charge in [-0.1, -0.05) is 32.1 Å². The maximum Gasteiger partial charge on any atom is 0.161 e. The number of hydrogen-bond donors (Lipinski definition) is 1. The second kappa shape index (κ2) is 6.05. The molecule has 2 aliphatic carbocycles. The molecule has 0 saturated carbocycles. The quantitative estimate of drug-likeness (QED) is 0.682. The molecule has 1 N–H and O–H groups in total. The Morgan fingerprint density at radius 3 is 2.85 bits per heavy atom. The highest BCUT2D eigenvalue weighted by atomic mass is 16.1. The lowest BCUT2D eigenvalue weighted by atomic mass is 9.66. The van der Waals surface area contributed by atoms with Crippen molar-refractivity contribution in [3.8, 4) is 0 Å². The number of ketones is 1. The lowest BCUT2D eigenvalue weighted by Crippen LogP contribution is -2.41. The van der Waals surface area contributed by atoms with Crippen LogP contribution in [0.25, 0.3) is 16.5 Å². The first kappa shape index (κ1) is 16.7. The third-order valence-corrected chi connectivity index (χ3v) is 6.41. The highest BCUT2D eigenvalue weighted by Crippen LogP contribution is 2.50. The second-order valence-electron chi connectivity index (χ2n) is 9.06. The molecule has 1 aliphatic heterocycles. The molecule has 3 aliphatic rings. The highest BCUT2D eigenvalue weighted by Gasteiger charge is 2.42. The lowest BCUT2D eigenvalue weighted by molar-refractivity contribution is -0.118. The van der Waals surface area contributed by atoms with Crippen molar-refractivity contribution in [2.24, 2.45) is 11.3 Å². The number of carbonyl (C=O) groups is 1. The van der Waals surface area contributed by atoms with E-state index in [1.165, 1.54) is 16.8 Å². The van der Waals surface area contributed by atoms with Gasteiger partial charge < -0.3 is 5.32 Å². The lowest BCUT2D eigenvalue weighted by Gasteiger charge is -2.42. The average molecular weight is 358 g/mol. The molecule has 0 bridgehead atoms. The summed E-state index contributed by atoms with van der Waals surface area (Å²) in [7, 11) is 0. The number of carbonyl (C=O) groups excluding carboxylic acids is 1. The fourth-order valence-electron chi connectivity index (χ4n) is 5.23. The topological polar surface area (TPSA) is 42.0 Å². The normalized spacial score (nSPS) is 26.5. The number of benzene rings is 1. The van der Waals surface area contributed by atoms with E-state index in [1.807, 2.05) is 12.3 Å². The van der Waals surface area contributed by atoms with Crippen molar-refractivity contribution in [3.63, 3.8) is 0 Å². The summed E-state index contributed by atoms with van der Waals surface area (Å²) >= 11 is 0. The predicted octanol–water partition coefficient (Wildman–Crippen LogP) is 5.53. The zero-order valence-electron chi connectivity index (χ0n) is 16.1. The number of anilines is 1. The van der Waals surface area contributed by atoms with Crippen LogP contribution in [0.3, 0.4) is 0 Å². The fourth-order valence-corrected chi connectivity index (χ4v) is 5.23. The van der Waals surface area contributed by atoms with Gasteiger partial charge in [0.1, 0.15) is 0 Å². The molecule has 2 heterocycles. The molecule has 0 saturated heterocycles. The zero-order chi connectivity index (χ0) is 18.6. The number of pyridine rings is 1. The Bertz CT molecular complexity index is 999. The van der Waals surface area contributed by atoms with E-state index in [-0.39, 0.29) is 11.5 Å². The molecule has 1 aromatic carbocycles. The standard InChI is InChI=1S/C24H26N2O/c1-24(2)13-17-21-16-9-6-12-25-18(16)10-11-19(21)26-23(22(17)20(27)14-24)15-7-4-3-5-8-15/h3-4,6,9-12,15,23,26H,5,7-8,13-14H2,1-2H3/t15-,23-/m1/s1. The number of aromatic nitrogens is 1. The summed E-state index contributed by atoms with van der Waals surface area (Å²) in [6.45, 7) is 4.44. The Balaban J connectivity index is 1.75. The number of nitrogens with zero attached hydrogens (tertiary/aromatic N) is 1. The summed E-state index contributed by atoms with van der Waals surface area (Å²) in [5, 5.41) is 4.93. The van der Waals surface area contributed by atoms with Gasteiger partial charge in [-0.2, -0.15) is 0 Å². The summed E-state index contributed by atoms with van der Waals surface area (Å²) in [5.74, 6) is 0.822. The van der Waals surface area contributed by atoms with E-state index in [2.05, 4.69) is 54.5 Å². The monoisotopic (exact) mass is 358 g/mol. The van der Waals surface area contributed by atoms with Gasteiger partial charge in [0, 0.05) is 34.8 Å². The predicted molar refractivity (Wildman–Crippen MR) is 111 cm³/mol. The van der Waals surface area contributed by atoms with Crippen molar-refractivity contribution in [1.29, 1.82) is 0 Å². The molecular weight excluding hydrogens is 332 g/mol. The van der Waals surface area contributed by atoms with Gasteiger partial charge >= 0.3 is 0 Å². The van der Waals surface area contributed by atoms with Crippen molar-refractivity contribution >= 4 is 27.9 Å². The van der Waals surface area contributed by atoms with Gasteiger partial charge in [-0.05, 0) is 60.8 Å². The van der Waals surface area contributed by atoms with Crippen molar-refractivity contribution in [2.75, 3.05) is 5.32 Å². The molecule has 27 heavy (non-hydrogen) atoms. The number of Topliss-reactive ketones (excluding diaryl/α,β-unsaturated/α-hetero) is 1. The fraction of sp³-hybridized carbons (Fsp3) is 0.417. The van der Waals surface area contributed by atoms with E-state index in [0.717, 1.165) is 42.2 Å². The number of fused-ring (bicyclic) bond motifs is 4. The number of nitrogens with one attached hydrogen (secondary N) is 1. The molecule has 2 atom stereocenters. The molecule has 0 amide bonds. The summed E-state index contributed by atoms with van der Waals surface area (Å²) in [6, 6.07) is 8.53. The van der Waals surface area contributed by atoms with Gasteiger partial charge in [0.05, 0.1) is 11.6 Å². The molecule has 3 nitrogen and oxygen atoms in total. The van der Waals surface area contributed by atoms with Crippen LogP contribution >= 0.6 is 0 Å². The molecule has 0 fully saturated rings. The van der Waals surface area contributed by atoms with E-state index < -0.39 is 0 Å². The third kappa shape index (κ3) is 2.72. The molecule has 0 spiro atoms. The molecule has 138 valence electrons. The summed E-state index contributed by atoms with van der Waals surface area (Å²) in [6.07, 6.45) is 11.3. The highest BCUT2D eigenvalue weighted by molar-refractivity contribution is 6.12. The number of allylic oxidation sites excluding steroid dienone is 3. The third-order valence-electron chi connectivity index (χ3n) is 6.41. The van der Waals surface area contributed by atoms with Gasteiger partial charge in [0.25, 0.3) is 0 Å². The Morgan fingerprint density at radius 1 is 1.15 bits per heavy atom. The van der Waals surface area contributed by atoms with E-state index in [0.29, 0.717) is 18.1 Å². The molecule has 0 unspecified atom stereocenters. The maximum atomic E-state index is 13.3. The molecule has 0 radical (unpaired) electrons. The van der Waals surface area contributed by atoms with E-state index in [9.17, 15) is 4.79 Å². The van der Waals surface area contributed by atoms with Gasteiger partial charge in [0.15, 0.2) is 5.78 Å². The minimum atomic E-state index is 0.00587. The van der Waals surface area contributed by atoms with Crippen molar-refractivity contribution in [1.82, 2.24) is 4.98 Å². The van der Waals surface area contributed by atoms with Gasteiger partial charge in [-0.15, -0.1) is 0 Å². The largest absolute Gasteiger partial charge is 0.377 e. The van der Waals surface area contributed by atoms with Crippen molar-refractivity contribution < 1.29 is 4.79 Å². The number of hydrogen-bond acceptors (Lipinski definition) is 3. The Morgan fingerprint density at radius 2 is 2.04 bits per heavy atom. The number of rotatable bonds is 1. The van der Waals surface area contributed by atoms with E-state index in [4.69, 9.17) is 0 Å². The SMILES string of the molecule is CC1(C)CC(=O)C2=C(C1)c1c(ccc3ncccc13)N[C@@H]2[C@@H]1CC=CCC1. The van der Waals surface area contributed by atoms with Crippen LogP contribution in [0.5, 0.6) is 0 Å². The van der Waals surface area contributed by atoms with Crippen LogP contribution in [0.2, 0.25) is 0 Å². The van der Waals surface area contributed by atoms with Crippen LogP contribution in [0.4, 0.5) is 5.69 Å². The molecule has 1 aromatic heterocycles. The maximum absolute atomic E-state index is 13.3. The first-order valence-corrected chi connectivity index (χ1v) is 10.1. The Labute approximate surface area is 160 Å². The Kier molecular flexibility index (Phi) is 3.75. The van der Waals surface area contributed by atoms with Crippen LogP contribution < -0.4 is 5.32 Å². The van der Waals surface area contributed by atoms with Crippen LogP contribution in [0.1, 0.15) is 51.5 Å². The summed E-state index contributed by atoms with van der Waals surface area (Å²) in [4.78, 5) is 17.9. The minimum absolute atomic E-state index is 0.00587. The van der Waals surface area contributed by atoms with Gasteiger partial charge in [-0.25, -0.2) is 0 Å². The molecule has 3 heteroatoms. The van der Waals surface area contributed by atoms with E-state index in [1.54, 1.807) is 0 Å². The zero-order valence-corrected chi connectivity index (χ0v) is 16.1. The average Bonchev–Trinajstić information content (AvgIpc) is 2.66. The summed E-state index contributed by atoms with van der Waals surface area (Å²) in [5.41, 5.74) is 5.70. The Hall–Kier alpha value is -2.42. The van der Waals surface area contributed by atoms with Gasteiger partial charge in [-0.3, -0.25) is 9.78 Å². The minimum Gasteiger partial charge on any atom is -0.377 e. The summed E-state index contributed by atoms with van der Waals surface area (Å²) < 4.78 is 0. The smallest absolute Gasteiger partial charge is 0.161 e. The molecule has 5 rings (SSSR count). The van der Waals surface area contributed by atoms with Crippen LogP contribution in [-0.2, 0) is 4.79 Å². The van der Waals surface area contributed by atoms with Crippen molar-refractivity contribution in [3.05, 3.63) is 53.8 Å². The first-order valence-electron chi connectivity index (χ1n) is 10.1. The van der Waals surface area contributed by atoms with Gasteiger partial charge in [0.2, 0.25) is 0 Å². The van der Waals surface area contributed by atoms with Crippen LogP contribution in [0.15, 0.2) is 48.2 Å².